The molecule has 0 atom stereocenters. The normalized spacial score (nSPS) is 13.9. The number of fused-ring (bicyclic) bond motifs is 1. The third-order valence-corrected chi connectivity index (χ3v) is 3.68. The maximum absolute atomic E-state index is 5.65. The second-order valence-corrected chi connectivity index (χ2v) is 5.95. The summed E-state index contributed by atoms with van der Waals surface area (Å²) < 4.78 is 17.4. The molecule has 5 heteroatoms. The Morgan fingerprint density at radius 3 is 2.68 bits per heavy atom. The van der Waals surface area contributed by atoms with Crippen LogP contribution in [0.5, 0.6) is 11.5 Å². The minimum atomic E-state index is -0.155. The summed E-state index contributed by atoms with van der Waals surface area (Å²) >= 11 is 3.55. The van der Waals surface area contributed by atoms with Gasteiger partial charge in [-0.25, -0.2) is 0 Å². The molecule has 1 aliphatic heterocycles. The van der Waals surface area contributed by atoms with Crippen LogP contribution in [-0.2, 0) is 11.3 Å². The second kappa shape index (κ2) is 6.11. The predicted octanol–water partition coefficient (Wildman–Crippen LogP) is 3.08. The summed E-state index contributed by atoms with van der Waals surface area (Å²) in [6.45, 7) is 8.75. The van der Waals surface area contributed by atoms with Crippen LogP contribution in [0.2, 0.25) is 0 Å². The van der Waals surface area contributed by atoms with Gasteiger partial charge in [0.25, 0.3) is 0 Å². The number of nitrogens with one attached hydrogen (secondary N) is 1. The molecule has 0 bridgehead atoms. The minimum Gasteiger partial charge on any atom is -0.454 e. The van der Waals surface area contributed by atoms with Crippen LogP contribution in [-0.4, -0.2) is 25.5 Å². The molecular weight excluding hydrogens is 310 g/mol. The Labute approximate surface area is 122 Å². The molecule has 1 N–H and O–H groups in total. The van der Waals surface area contributed by atoms with Gasteiger partial charge in [0.15, 0.2) is 11.5 Å². The zero-order chi connectivity index (χ0) is 13.9. The van der Waals surface area contributed by atoms with Crippen LogP contribution in [0.3, 0.4) is 0 Å². The van der Waals surface area contributed by atoms with Crippen LogP contribution in [0.25, 0.3) is 0 Å². The summed E-state index contributed by atoms with van der Waals surface area (Å²) in [7, 11) is 0. The van der Waals surface area contributed by atoms with Gasteiger partial charge >= 0.3 is 0 Å². The van der Waals surface area contributed by atoms with Crippen molar-refractivity contribution in [3.63, 3.8) is 0 Å². The number of hydrogen-bond acceptors (Lipinski definition) is 4. The van der Waals surface area contributed by atoms with Crippen LogP contribution in [0.1, 0.15) is 26.3 Å². The van der Waals surface area contributed by atoms with Gasteiger partial charge in [0.1, 0.15) is 0 Å². The van der Waals surface area contributed by atoms with Crippen molar-refractivity contribution >= 4 is 15.9 Å². The molecule has 4 nitrogen and oxygen atoms in total. The van der Waals surface area contributed by atoms with E-state index in [1.54, 1.807) is 0 Å². The predicted molar refractivity (Wildman–Crippen MR) is 77.7 cm³/mol. The van der Waals surface area contributed by atoms with Crippen molar-refractivity contribution in [1.29, 1.82) is 0 Å². The molecule has 106 valence electrons. The van der Waals surface area contributed by atoms with Crippen molar-refractivity contribution in [2.45, 2.75) is 32.9 Å². The molecule has 0 fully saturated rings. The van der Waals surface area contributed by atoms with Gasteiger partial charge in [-0.3, -0.25) is 0 Å². The third kappa shape index (κ3) is 3.84. The molecule has 0 radical (unpaired) electrons. The molecule has 0 aromatic heterocycles. The van der Waals surface area contributed by atoms with E-state index in [1.165, 1.54) is 0 Å². The summed E-state index contributed by atoms with van der Waals surface area (Å²) in [5.41, 5.74) is 0.994. The summed E-state index contributed by atoms with van der Waals surface area (Å²) in [6.07, 6.45) is 0. The molecule has 19 heavy (non-hydrogen) atoms. The second-order valence-electron chi connectivity index (χ2n) is 5.09. The third-order valence-electron chi connectivity index (χ3n) is 2.94. The highest BCUT2D eigenvalue weighted by atomic mass is 79.9. The van der Waals surface area contributed by atoms with E-state index in [9.17, 15) is 0 Å². The molecule has 1 aromatic carbocycles. The molecule has 0 spiro atoms. The van der Waals surface area contributed by atoms with Crippen LogP contribution in [0.15, 0.2) is 16.6 Å². The molecule has 1 aromatic rings. The maximum Gasteiger partial charge on any atom is 0.231 e. The van der Waals surface area contributed by atoms with Gasteiger partial charge in [0, 0.05) is 24.2 Å². The summed E-state index contributed by atoms with van der Waals surface area (Å²) in [4.78, 5) is 0. The lowest BCUT2D eigenvalue weighted by Gasteiger charge is -2.25. The quantitative estimate of drug-likeness (QED) is 0.870. The fourth-order valence-corrected chi connectivity index (χ4v) is 2.50. The van der Waals surface area contributed by atoms with Gasteiger partial charge in [0.2, 0.25) is 6.79 Å². The van der Waals surface area contributed by atoms with E-state index >= 15 is 0 Å². The highest BCUT2D eigenvalue weighted by Crippen LogP contribution is 2.36. The van der Waals surface area contributed by atoms with Crippen LogP contribution < -0.4 is 14.8 Å². The molecular formula is C14H20BrNO3. The van der Waals surface area contributed by atoms with Crippen molar-refractivity contribution in [1.82, 2.24) is 5.32 Å². The van der Waals surface area contributed by atoms with E-state index < -0.39 is 0 Å². The van der Waals surface area contributed by atoms with E-state index in [0.717, 1.165) is 41.2 Å². The van der Waals surface area contributed by atoms with Crippen LogP contribution in [0, 0.1) is 0 Å². The Bertz CT molecular complexity index is 449. The Hall–Kier alpha value is -0.780. The Morgan fingerprint density at radius 1 is 1.32 bits per heavy atom. The number of ether oxygens (including phenoxy) is 3. The summed E-state index contributed by atoms with van der Waals surface area (Å²) in [6, 6.07) is 3.96. The topological polar surface area (TPSA) is 39.7 Å². The Kier molecular flexibility index (Phi) is 4.71. The molecule has 0 saturated heterocycles. The van der Waals surface area contributed by atoms with Crippen molar-refractivity contribution in [2.24, 2.45) is 0 Å². The fourth-order valence-electron chi connectivity index (χ4n) is 2.03. The van der Waals surface area contributed by atoms with Crippen molar-refractivity contribution < 1.29 is 14.2 Å². The van der Waals surface area contributed by atoms with Crippen LogP contribution >= 0.6 is 15.9 Å². The Morgan fingerprint density at radius 2 is 2.00 bits per heavy atom. The first-order valence-corrected chi connectivity index (χ1v) is 7.24. The van der Waals surface area contributed by atoms with Gasteiger partial charge in [-0.05, 0) is 38.5 Å². The summed E-state index contributed by atoms with van der Waals surface area (Å²) in [5.74, 6) is 1.61. The molecule has 0 saturated carbocycles. The zero-order valence-electron chi connectivity index (χ0n) is 11.6. The first-order chi connectivity index (χ1) is 9.02. The molecule has 0 aliphatic carbocycles. The standard InChI is InChI=1S/C14H20BrNO3/c1-4-19-14(2,3)8-16-7-10-5-12-13(6-11(10)15)18-9-17-12/h5-6,16H,4,7-9H2,1-3H3. The van der Waals surface area contributed by atoms with Gasteiger partial charge < -0.3 is 19.5 Å². The maximum atomic E-state index is 5.65. The molecule has 1 aliphatic rings. The average molecular weight is 330 g/mol. The smallest absolute Gasteiger partial charge is 0.231 e. The van der Waals surface area contributed by atoms with Crippen molar-refractivity contribution in [3.05, 3.63) is 22.2 Å². The average Bonchev–Trinajstić information content (AvgIpc) is 2.76. The molecule has 2 rings (SSSR count). The largest absolute Gasteiger partial charge is 0.454 e. The van der Waals surface area contributed by atoms with E-state index in [4.69, 9.17) is 14.2 Å². The molecule has 0 amide bonds. The molecule has 0 unspecified atom stereocenters. The number of benzene rings is 1. The number of hydrogen-bond donors (Lipinski definition) is 1. The van der Waals surface area contributed by atoms with E-state index in [-0.39, 0.29) is 5.60 Å². The first kappa shape index (κ1) is 14.6. The van der Waals surface area contributed by atoms with E-state index in [2.05, 4.69) is 35.1 Å². The van der Waals surface area contributed by atoms with E-state index in [0.29, 0.717) is 6.79 Å². The fraction of sp³-hybridized carbons (Fsp3) is 0.571. The van der Waals surface area contributed by atoms with Crippen molar-refractivity contribution in [2.75, 3.05) is 19.9 Å². The minimum absolute atomic E-state index is 0.155. The lowest BCUT2D eigenvalue weighted by Crippen LogP contribution is -2.37. The summed E-state index contributed by atoms with van der Waals surface area (Å²) in [5, 5.41) is 3.41. The van der Waals surface area contributed by atoms with E-state index in [1.807, 2.05) is 19.1 Å². The highest BCUT2D eigenvalue weighted by Gasteiger charge is 2.19. The lowest BCUT2D eigenvalue weighted by molar-refractivity contribution is -0.00898. The zero-order valence-corrected chi connectivity index (χ0v) is 13.2. The Balaban J connectivity index is 1.93. The lowest BCUT2D eigenvalue weighted by atomic mass is 10.1. The number of rotatable bonds is 6. The monoisotopic (exact) mass is 329 g/mol. The van der Waals surface area contributed by atoms with Gasteiger partial charge in [0.05, 0.1) is 5.60 Å². The SMILES string of the molecule is CCOC(C)(C)CNCc1cc2c(cc1Br)OCO2. The van der Waals surface area contributed by atoms with Gasteiger partial charge in [-0.15, -0.1) is 0 Å². The van der Waals surface area contributed by atoms with Crippen molar-refractivity contribution in [3.8, 4) is 11.5 Å². The number of halogens is 1. The van der Waals surface area contributed by atoms with Crippen LogP contribution in [0.4, 0.5) is 0 Å². The highest BCUT2D eigenvalue weighted by molar-refractivity contribution is 9.10. The first-order valence-electron chi connectivity index (χ1n) is 6.44. The van der Waals surface area contributed by atoms with Gasteiger partial charge in [-0.1, -0.05) is 15.9 Å². The van der Waals surface area contributed by atoms with Gasteiger partial charge in [-0.2, -0.15) is 0 Å². The molecule has 1 heterocycles.